The molecule has 1 atom stereocenters. The summed E-state index contributed by atoms with van der Waals surface area (Å²) >= 11 is 6.21. The Morgan fingerprint density at radius 3 is 2.50 bits per heavy atom. The van der Waals surface area contributed by atoms with Gasteiger partial charge in [0.25, 0.3) is 0 Å². The molecule has 0 radical (unpaired) electrons. The van der Waals surface area contributed by atoms with E-state index < -0.39 is 11.2 Å². The van der Waals surface area contributed by atoms with Gasteiger partial charge in [-0.1, -0.05) is 11.6 Å². The smallest absolute Gasteiger partial charge is 0.139 e. The molecule has 1 N–H and O–H groups in total. The lowest BCUT2D eigenvalue weighted by atomic mass is 9.80. The van der Waals surface area contributed by atoms with Crippen molar-refractivity contribution >= 4 is 11.6 Å². The molecule has 0 spiro atoms. The Morgan fingerprint density at radius 2 is 2.06 bits per heavy atom. The number of nitrogens with zero attached hydrogens (tertiary/aromatic N) is 2. The van der Waals surface area contributed by atoms with Crippen LogP contribution in [0.2, 0.25) is 5.02 Å². The van der Waals surface area contributed by atoms with Crippen LogP contribution in [0.1, 0.15) is 46.7 Å². The van der Waals surface area contributed by atoms with Crippen LogP contribution in [0.3, 0.4) is 0 Å². The Hall–Kier alpha value is -0.580. The molecular formula is C13H21ClN2O2. The quantitative estimate of drug-likeness (QED) is 0.900. The minimum Gasteiger partial charge on any atom is -0.380 e. The Labute approximate surface area is 113 Å². The fraction of sp³-hybridized carbons (Fsp3) is 0.769. The van der Waals surface area contributed by atoms with Crippen molar-refractivity contribution < 1.29 is 9.84 Å². The van der Waals surface area contributed by atoms with Crippen LogP contribution in [0.15, 0.2) is 6.20 Å². The molecule has 5 heteroatoms. The van der Waals surface area contributed by atoms with Gasteiger partial charge < -0.3 is 9.84 Å². The number of aryl methyl sites for hydroxylation is 1. The molecule has 1 unspecified atom stereocenters. The minimum atomic E-state index is -1.12. The van der Waals surface area contributed by atoms with E-state index in [0.29, 0.717) is 23.7 Å². The molecule has 102 valence electrons. The lowest BCUT2D eigenvalue weighted by Gasteiger charge is -2.35. The first-order valence-electron chi connectivity index (χ1n) is 6.27. The van der Waals surface area contributed by atoms with Crippen molar-refractivity contribution in [2.45, 2.75) is 64.4 Å². The molecular weight excluding hydrogens is 252 g/mol. The second-order valence-electron chi connectivity index (χ2n) is 6.07. The van der Waals surface area contributed by atoms with Crippen LogP contribution in [-0.2, 0) is 16.9 Å². The summed E-state index contributed by atoms with van der Waals surface area (Å²) in [5, 5.41) is 15.8. The van der Waals surface area contributed by atoms with Gasteiger partial charge in [0, 0.05) is 13.0 Å². The lowest BCUT2D eigenvalue weighted by Crippen LogP contribution is -2.45. The highest BCUT2D eigenvalue weighted by Gasteiger charge is 2.59. The molecule has 0 aromatic carbocycles. The predicted octanol–water partition coefficient (Wildman–Crippen LogP) is 2.72. The minimum absolute atomic E-state index is 0.385. The molecule has 0 saturated carbocycles. The van der Waals surface area contributed by atoms with Gasteiger partial charge in [0.05, 0.1) is 28.1 Å². The van der Waals surface area contributed by atoms with Gasteiger partial charge in [-0.05, 0) is 34.6 Å². The van der Waals surface area contributed by atoms with Crippen molar-refractivity contribution in [2.24, 2.45) is 0 Å². The van der Waals surface area contributed by atoms with Crippen molar-refractivity contribution in [3.8, 4) is 0 Å². The summed E-state index contributed by atoms with van der Waals surface area (Å²) in [6.07, 6.45) is 2.08. The van der Waals surface area contributed by atoms with E-state index in [-0.39, 0.29) is 5.60 Å². The molecule has 1 aliphatic rings. The summed E-state index contributed by atoms with van der Waals surface area (Å²) in [6, 6.07) is 0. The Kier molecular flexibility index (Phi) is 3.04. The third kappa shape index (κ3) is 1.87. The monoisotopic (exact) mass is 272 g/mol. The Morgan fingerprint density at radius 1 is 1.44 bits per heavy atom. The summed E-state index contributed by atoms with van der Waals surface area (Å²) in [5.74, 6) is 0. The van der Waals surface area contributed by atoms with Gasteiger partial charge in [-0.25, -0.2) is 0 Å². The molecule has 2 heterocycles. The molecule has 1 saturated heterocycles. The van der Waals surface area contributed by atoms with Crippen molar-refractivity contribution in [3.05, 3.63) is 16.9 Å². The predicted molar refractivity (Wildman–Crippen MR) is 70.7 cm³/mol. The van der Waals surface area contributed by atoms with Gasteiger partial charge in [-0.2, -0.15) is 5.10 Å². The van der Waals surface area contributed by atoms with Crippen molar-refractivity contribution in [1.82, 2.24) is 9.78 Å². The van der Waals surface area contributed by atoms with Crippen LogP contribution in [0.5, 0.6) is 0 Å². The van der Waals surface area contributed by atoms with E-state index >= 15 is 0 Å². The average molecular weight is 273 g/mol. The SMILES string of the molecule is CCn1ncc(Cl)c1C1(O)CC(C)(C)OC1(C)C. The lowest BCUT2D eigenvalue weighted by molar-refractivity contribution is -0.132. The van der Waals surface area contributed by atoms with Crippen LogP contribution < -0.4 is 0 Å². The molecule has 18 heavy (non-hydrogen) atoms. The largest absolute Gasteiger partial charge is 0.380 e. The molecule has 0 aliphatic carbocycles. The van der Waals surface area contributed by atoms with Crippen LogP contribution in [0, 0.1) is 0 Å². The highest BCUT2D eigenvalue weighted by molar-refractivity contribution is 6.31. The van der Waals surface area contributed by atoms with E-state index in [9.17, 15) is 5.11 Å². The molecule has 2 rings (SSSR count). The maximum Gasteiger partial charge on any atom is 0.139 e. The van der Waals surface area contributed by atoms with Crippen LogP contribution in [0.25, 0.3) is 0 Å². The first-order valence-corrected chi connectivity index (χ1v) is 6.65. The number of rotatable bonds is 2. The fourth-order valence-electron chi connectivity index (χ4n) is 3.02. The second-order valence-corrected chi connectivity index (χ2v) is 6.47. The van der Waals surface area contributed by atoms with Crippen LogP contribution in [-0.4, -0.2) is 26.1 Å². The summed E-state index contributed by atoms with van der Waals surface area (Å²) in [5.41, 5.74) is -1.56. The van der Waals surface area contributed by atoms with Crippen molar-refractivity contribution in [3.63, 3.8) is 0 Å². The van der Waals surface area contributed by atoms with E-state index in [4.69, 9.17) is 16.3 Å². The Balaban J connectivity index is 2.58. The molecule has 1 aromatic rings. The maximum absolute atomic E-state index is 11.1. The topological polar surface area (TPSA) is 47.3 Å². The zero-order valence-electron chi connectivity index (χ0n) is 11.6. The van der Waals surface area contributed by atoms with E-state index in [0.717, 1.165) is 0 Å². The van der Waals surface area contributed by atoms with Gasteiger partial charge in [0.15, 0.2) is 0 Å². The van der Waals surface area contributed by atoms with Gasteiger partial charge in [-0.15, -0.1) is 0 Å². The second kappa shape index (κ2) is 3.95. The van der Waals surface area contributed by atoms with Crippen LogP contribution >= 0.6 is 11.6 Å². The number of ether oxygens (including phenoxy) is 1. The number of hydrogen-bond donors (Lipinski definition) is 1. The highest BCUT2D eigenvalue weighted by Crippen LogP contribution is 2.52. The molecule has 0 bridgehead atoms. The third-order valence-electron chi connectivity index (χ3n) is 3.70. The molecule has 1 fully saturated rings. The zero-order valence-corrected chi connectivity index (χ0v) is 12.4. The van der Waals surface area contributed by atoms with E-state index in [2.05, 4.69) is 5.10 Å². The number of halogens is 1. The molecule has 1 aromatic heterocycles. The first kappa shape index (κ1) is 13.8. The standard InChI is InChI=1S/C13H21ClN2O2/c1-6-16-10(9(14)7-15-16)13(17)8-11(2,3)18-12(13,4)5/h7,17H,6,8H2,1-5H3. The highest BCUT2D eigenvalue weighted by atomic mass is 35.5. The van der Waals surface area contributed by atoms with Crippen molar-refractivity contribution in [1.29, 1.82) is 0 Å². The fourth-order valence-corrected chi connectivity index (χ4v) is 3.32. The molecule has 1 aliphatic heterocycles. The van der Waals surface area contributed by atoms with Gasteiger partial charge in [-0.3, -0.25) is 4.68 Å². The average Bonchev–Trinajstić information content (AvgIpc) is 2.63. The third-order valence-corrected chi connectivity index (χ3v) is 3.97. The van der Waals surface area contributed by atoms with Gasteiger partial charge in [0.2, 0.25) is 0 Å². The number of hydrogen-bond acceptors (Lipinski definition) is 3. The van der Waals surface area contributed by atoms with Crippen LogP contribution in [0.4, 0.5) is 0 Å². The molecule has 0 amide bonds. The summed E-state index contributed by atoms with van der Waals surface area (Å²) in [7, 11) is 0. The summed E-state index contributed by atoms with van der Waals surface area (Å²) < 4.78 is 7.73. The Bertz CT molecular complexity index is 468. The van der Waals surface area contributed by atoms with Gasteiger partial charge in [0.1, 0.15) is 5.60 Å². The van der Waals surface area contributed by atoms with E-state index in [1.807, 2.05) is 34.6 Å². The number of aromatic nitrogens is 2. The number of aliphatic hydroxyl groups is 1. The maximum atomic E-state index is 11.1. The summed E-state index contributed by atoms with van der Waals surface area (Å²) in [4.78, 5) is 0. The van der Waals surface area contributed by atoms with E-state index in [1.54, 1.807) is 10.9 Å². The zero-order chi connectivity index (χ0) is 13.8. The van der Waals surface area contributed by atoms with Crippen molar-refractivity contribution in [2.75, 3.05) is 0 Å². The van der Waals surface area contributed by atoms with Gasteiger partial charge >= 0.3 is 0 Å². The summed E-state index contributed by atoms with van der Waals surface area (Å²) in [6.45, 7) is 10.4. The first-order chi connectivity index (χ1) is 8.13. The normalized spacial score (nSPS) is 29.7. The van der Waals surface area contributed by atoms with E-state index in [1.165, 1.54) is 0 Å². The molecule has 4 nitrogen and oxygen atoms in total.